The molecule has 1 unspecified atom stereocenters. The summed E-state index contributed by atoms with van der Waals surface area (Å²) in [5, 5.41) is 14.2. The molecular weight excluding hydrogens is 518 g/mol. The Morgan fingerprint density at radius 2 is 1.57 bits per heavy atom. The van der Waals surface area contributed by atoms with Gasteiger partial charge in [-0.25, -0.2) is 9.59 Å². The van der Waals surface area contributed by atoms with Crippen molar-refractivity contribution < 1.29 is 60.4 Å². The third-order valence-electron chi connectivity index (χ3n) is 5.82. The number of likely N-dealkylation sites (tertiary alicyclic amines) is 1. The summed E-state index contributed by atoms with van der Waals surface area (Å²) in [5.41, 5.74) is 1.04. The van der Waals surface area contributed by atoms with E-state index in [0.29, 0.717) is 18.8 Å². The van der Waals surface area contributed by atoms with Crippen LogP contribution in [0.3, 0.4) is 0 Å². The molecule has 210 valence electrons. The predicted molar refractivity (Wildman–Crippen MR) is 114 cm³/mol. The number of aliphatic carboxylic acids is 2. The number of hydrogen-bond donors (Lipinski definition) is 2. The zero-order valence-corrected chi connectivity index (χ0v) is 19.6. The number of hydrogen-bond acceptors (Lipinski definition) is 7. The van der Waals surface area contributed by atoms with Crippen LogP contribution in [0.5, 0.6) is 0 Å². The van der Waals surface area contributed by atoms with Crippen LogP contribution in [-0.4, -0.2) is 95.0 Å². The third-order valence-corrected chi connectivity index (χ3v) is 5.82. The highest BCUT2D eigenvalue weighted by Crippen LogP contribution is 2.38. The van der Waals surface area contributed by atoms with Crippen LogP contribution in [-0.2, 0) is 30.4 Å². The second-order valence-corrected chi connectivity index (χ2v) is 8.63. The lowest BCUT2D eigenvalue weighted by Gasteiger charge is -2.56. The Hall–Kier alpha value is -2.49. The molecule has 3 fully saturated rings. The Kier molecular flexibility index (Phi) is 11.1. The van der Waals surface area contributed by atoms with Crippen molar-refractivity contribution in [1.29, 1.82) is 0 Å². The van der Waals surface area contributed by atoms with E-state index in [9.17, 15) is 26.3 Å². The van der Waals surface area contributed by atoms with Crippen molar-refractivity contribution in [3.05, 3.63) is 30.1 Å². The quantitative estimate of drug-likeness (QED) is 0.549. The minimum atomic E-state index is -5.08. The maximum atomic E-state index is 10.6. The number of rotatable bonds is 4. The second-order valence-electron chi connectivity index (χ2n) is 8.63. The molecule has 4 heterocycles. The first kappa shape index (κ1) is 30.7. The van der Waals surface area contributed by atoms with Crippen molar-refractivity contribution in [2.45, 2.75) is 62.4 Å². The minimum Gasteiger partial charge on any atom is -0.475 e. The van der Waals surface area contributed by atoms with E-state index in [1.54, 1.807) is 0 Å². The standard InChI is InChI=1S/C18H26N2O3.2C2HF3O2/c1-2-7-19-15(3-1)12-22-17-6-10-23-18(11-17)13-20(14-18)16-4-8-21-9-5-16;2*3-2(4,5)1(6)7/h1-3,7,16-17H,4-6,8-14H2;2*(H,6,7). The smallest absolute Gasteiger partial charge is 0.475 e. The van der Waals surface area contributed by atoms with Gasteiger partial charge in [-0.15, -0.1) is 0 Å². The van der Waals surface area contributed by atoms with Crippen LogP contribution in [0.25, 0.3) is 0 Å². The highest BCUT2D eigenvalue weighted by molar-refractivity contribution is 5.73. The lowest BCUT2D eigenvalue weighted by atomic mass is 9.82. The van der Waals surface area contributed by atoms with E-state index in [0.717, 1.165) is 64.3 Å². The predicted octanol–water partition coefficient (Wildman–Crippen LogP) is 3.28. The van der Waals surface area contributed by atoms with Gasteiger partial charge in [0.05, 0.1) is 24.0 Å². The molecule has 1 atom stereocenters. The van der Waals surface area contributed by atoms with Crippen LogP contribution in [0, 0.1) is 0 Å². The molecule has 4 rings (SSSR count). The van der Waals surface area contributed by atoms with E-state index >= 15 is 0 Å². The van der Waals surface area contributed by atoms with Gasteiger partial charge in [-0.05, 0) is 31.4 Å². The zero-order chi connectivity index (χ0) is 27.7. The molecule has 37 heavy (non-hydrogen) atoms. The van der Waals surface area contributed by atoms with Crippen LogP contribution >= 0.6 is 0 Å². The molecule has 1 spiro atoms. The molecule has 0 aromatic carbocycles. The van der Waals surface area contributed by atoms with Crippen molar-refractivity contribution in [2.75, 3.05) is 32.9 Å². The summed E-state index contributed by atoms with van der Waals surface area (Å²) in [6.07, 6.45) is -3.72. The molecule has 3 saturated heterocycles. The molecule has 1 aromatic heterocycles. The molecule has 0 amide bonds. The van der Waals surface area contributed by atoms with Gasteiger partial charge in [-0.1, -0.05) is 6.07 Å². The Morgan fingerprint density at radius 1 is 1.00 bits per heavy atom. The molecule has 1 aromatic rings. The third kappa shape index (κ3) is 10.4. The van der Waals surface area contributed by atoms with Crippen LogP contribution < -0.4 is 0 Å². The molecular formula is C22H28F6N2O7. The fraction of sp³-hybridized carbons (Fsp3) is 0.682. The van der Waals surface area contributed by atoms with E-state index in [-0.39, 0.29) is 5.60 Å². The van der Waals surface area contributed by atoms with Crippen LogP contribution in [0.4, 0.5) is 26.3 Å². The first-order chi connectivity index (χ1) is 17.2. The van der Waals surface area contributed by atoms with Gasteiger partial charge >= 0.3 is 24.3 Å². The molecule has 0 radical (unpaired) electrons. The molecule has 3 aliphatic heterocycles. The molecule has 15 heteroatoms. The highest BCUT2D eigenvalue weighted by atomic mass is 19.4. The Bertz CT molecular complexity index is 833. The summed E-state index contributed by atoms with van der Waals surface area (Å²) in [6, 6.07) is 6.65. The van der Waals surface area contributed by atoms with Crippen molar-refractivity contribution >= 4 is 11.9 Å². The summed E-state index contributed by atoms with van der Waals surface area (Å²) in [7, 11) is 0. The largest absolute Gasteiger partial charge is 0.490 e. The molecule has 9 nitrogen and oxygen atoms in total. The van der Waals surface area contributed by atoms with Gasteiger partial charge in [-0.3, -0.25) is 9.88 Å². The Labute approximate surface area is 208 Å². The maximum absolute atomic E-state index is 10.6. The fourth-order valence-corrected chi connectivity index (χ4v) is 4.03. The molecule has 3 aliphatic rings. The fourth-order valence-electron chi connectivity index (χ4n) is 4.03. The highest BCUT2D eigenvalue weighted by Gasteiger charge is 2.49. The Morgan fingerprint density at radius 3 is 2.05 bits per heavy atom. The van der Waals surface area contributed by atoms with Crippen LogP contribution in [0.1, 0.15) is 31.4 Å². The monoisotopic (exact) mass is 546 g/mol. The first-order valence-electron chi connectivity index (χ1n) is 11.3. The topological polar surface area (TPSA) is 118 Å². The van der Waals surface area contributed by atoms with Crippen molar-refractivity contribution in [3.63, 3.8) is 0 Å². The first-order valence-corrected chi connectivity index (χ1v) is 11.3. The van der Waals surface area contributed by atoms with Gasteiger partial charge in [0, 0.05) is 51.6 Å². The summed E-state index contributed by atoms with van der Waals surface area (Å²) in [6.45, 7) is 5.34. The summed E-state index contributed by atoms with van der Waals surface area (Å²) in [5.74, 6) is -5.51. The van der Waals surface area contributed by atoms with Gasteiger partial charge in [0.25, 0.3) is 0 Å². The van der Waals surface area contributed by atoms with E-state index in [2.05, 4.69) is 9.88 Å². The van der Waals surface area contributed by atoms with Gasteiger partial charge in [0.1, 0.15) is 0 Å². The number of carboxylic acids is 2. The van der Waals surface area contributed by atoms with E-state index < -0.39 is 24.3 Å². The lowest BCUT2D eigenvalue weighted by molar-refractivity contribution is -0.210. The van der Waals surface area contributed by atoms with Crippen LogP contribution in [0.15, 0.2) is 24.4 Å². The minimum absolute atomic E-state index is 0.0331. The summed E-state index contributed by atoms with van der Waals surface area (Å²) >= 11 is 0. The van der Waals surface area contributed by atoms with Crippen molar-refractivity contribution in [2.24, 2.45) is 0 Å². The van der Waals surface area contributed by atoms with Gasteiger partial charge in [-0.2, -0.15) is 26.3 Å². The number of nitrogens with zero attached hydrogens (tertiary/aromatic N) is 2. The number of halogens is 6. The number of pyridine rings is 1. The Balaban J connectivity index is 0.000000286. The molecule has 2 N–H and O–H groups in total. The SMILES string of the molecule is O=C(O)C(F)(F)F.O=C(O)C(F)(F)F.c1ccc(COC2CCOC3(C2)CN(C2CCOCC2)C3)nc1. The summed E-state index contributed by atoms with van der Waals surface area (Å²) < 4.78 is 81.2. The number of carbonyl (C=O) groups is 2. The van der Waals surface area contributed by atoms with Gasteiger partial charge in [0.15, 0.2) is 0 Å². The molecule has 0 bridgehead atoms. The normalized spacial score (nSPS) is 22.1. The molecule has 0 saturated carbocycles. The number of alkyl halides is 6. The van der Waals surface area contributed by atoms with Crippen LogP contribution in [0.2, 0.25) is 0 Å². The van der Waals surface area contributed by atoms with Crippen molar-refractivity contribution in [1.82, 2.24) is 9.88 Å². The molecule has 0 aliphatic carbocycles. The van der Waals surface area contributed by atoms with E-state index in [1.165, 1.54) is 0 Å². The average Bonchev–Trinajstić information content (AvgIpc) is 2.82. The zero-order valence-electron chi connectivity index (χ0n) is 19.6. The van der Waals surface area contributed by atoms with Gasteiger partial charge in [0.2, 0.25) is 0 Å². The lowest BCUT2D eigenvalue weighted by Crippen LogP contribution is -2.68. The van der Waals surface area contributed by atoms with E-state index in [4.69, 9.17) is 34.0 Å². The van der Waals surface area contributed by atoms with Gasteiger partial charge < -0.3 is 24.4 Å². The number of ether oxygens (including phenoxy) is 3. The van der Waals surface area contributed by atoms with E-state index in [1.807, 2.05) is 24.4 Å². The number of aromatic nitrogens is 1. The maximum Gasteiger partial charge on any atom is 0.490 e. The summed E-state index contributed by atoms with van der Waals surface area (Å²) in [4.78, 5) is 24.7. The average molecular weight is 546 g/mol. The van der Waals surface area contributed by atoms with Crippen molar-refractivity contribution in [3.8, 4) is 0 Å². The number of carboxylic acid groups (broad SMARTS) is 2. The second kappa shape index (κ2) is 13.3.